The summed E-state index contributed by atoms with van der Waals surface area (Å²) in [7, 11) is 0. The number of hydrogen-bond acceptors (Lipinski definition) is 6. The minimum atomic E-state index is -0.934. The summed E-state index contributed by atoms with van der Waals surface area (Å²) in [6.07, 6.45) is 5.30. The highest BCUT2D eigenvalue weighted by Gasteiger charge is 2.50. The number of aliphatic imine (C=N–C) groups is 1. The topological polar surface area (TPSA) is 138 Å². The summed E-state index contributed by atoms with van der Waals surface area (Å²) in [5.74, 6) is -1.90. The van der Waals surface area contributed by atoms with Gasteiger partial charge >= 0.3 is 5.97 Å². The van der Waals surface area contributed by atoms with E-state index >= 15 is 0 Å². The number of carboxylic acids is 1. The molecule has 1 aliphatic rings. The fourth-order valence-electron chi connectivity index (χ4n) is 2.61. The van der Waals surface area contributed by atoms with Gasteiger partial charge in [0.1, 0.15) is 5.75 Å². The average molecular weight is 380 g/mol. The van der Waals surface area contributed by atoms with E-state index in [1.807, 2.05) is 30.3 Å². The lowest BCUT2D eigenvalue weighted by molar-refractivity contribution is -0.143. The SMILES string of the molecule is N/C=C(\C=Nc1ccccc1)c1cnc(C(=O)NCC2(C(=O)O)CC2)c(O)c1. The van der Waals surface area contributed by atoms with Crippen LogP contribution >= 0.6 is 0 Å². The Hall–Kier alpha value is -3.68. The monoisotopic (exact) mass is 380 g/mol. The van der Waals surface area contributed by atoms with E-state index in [0.717, 1.165) is 5.69 Å². The van der Waals surface area contributed by atoms with Crippen molar-refractivity contribution in [3.8, 4) is 5.75 Å². The van der Waals surface area contributed by atoms with Crippen molar-refractivity contribution in [2.75, 3.05) is 6.54 Å². The maximum absolute atomic E-state index is 12.2. The van der Waals surface area contributed by atoms with Crippen LogP contribution in [0.4, 0.5) is 5.69 Å². The number of benzene rings is 1. The number of nitrogens with two attached hydrogens (primary N) is 1. The Morgan fingerprint density at radius 2 is 2.00 bits per heavy atom. The van der Waals surface area contributed by atoms with Crippen LogP contribution in [0.5, 0.6) is 5.75 Å². The standard InChI is InChI=1S/C20H20N4O4/c21-9-14(11-22-15-4-2-1-3-5-15)13-8-16(25)17(23-10-13)18(26)24-12-20(6-7-20)19(27)28/h1-5,8-11,25H,6-7,12,21H2,(H,24,26)(H,27,28)/b14-9+,22-11?. The number of hydrogen-bond donors (Lipinski definition) is 4. The molecule has 1 heterocycles. The number of carboxylic acid groups (broad SMARTS) is 1. The van der Waals surface area contributed by atoms with Gasteiger partial charge in [0.2, 0.25) is 0 Å². The molecule has 1 fully saturated rings. The zero-order valence-electron chi connectivity index (χ0n) is 15.0. The van der Waals surface area contributed by atoms with Gasteiger partial charge in [-0.05, 0) is 31.0 Å². The highest BCUT2D eigenvalue weighted by molar-refractivity contribution is 6.10. The van der Waals surface area contributed by atoms with Crippen molar-refractivity contribution < 1.29 is 19.8 Å². The first-order valence-corrected chi connectivity index (χ1v) is 8.67. The van der Waals surface area contributed by atoms with Crippen LogP contribution in [0.15, 0.2) is 53.8 Å². The zero-order chi connectivity index (χ0) is 20.1. The molecule has 1 amide bonds. The number of nitrogens with zero attached hydrogens (tertiary/aromatic N) is 2. The van der Waals surface area contributed by atoms with Gasteiger partial charge < -0.3 is 21.3 Å². The molecule has 8 heteroatoms. The summed E-state index contributed by atoms with van der Waals surface area (Å²) < 4.78 is 0. The van der Waals surface area contributed by atoms with Crippen molar-refractivity contribution >= 4 is 29.4 Å². The highest BCUT2D eigenvalue weighted by Crippen LogP contribution is 2.45. The Bertz CT molecular complexity index is 950. The van der Waals surface area contributed by atoms with Crippen LogP contribution in [0.1, 0.15) is 28.9 Å². The fraction of sp³-hybridized carbons (Fsp3) is 0.200. The van der Waals surface area contributed by atoms with E-state index in [0.29, 0.717) is 24.0 Å². The number of pyridine rings is 1. The molecule has 0 saturated heterocycles. The molecule has 0 bridgehead atoms. The van der Waals surface area contributed by atoms with Crippen LogP contribution in [0.25, 0.3) is 5.57 Å². The molecule has 144 valence electrons. The lowest BCUT2D eigenvalue weighted by Gasteiger charge is -2.12. The van der Waals surface area contributed by atoms with Gasteiger partial charge in [-0.2, -0.15) is 0 Å². The molecule has 0 aliphatic heterocycles. The van der Waals surface area contributed by atoms with Crippen molar-refractivity contribution in [1.29, 1.82) is 0 Å². The molecule has 0 spiro atoms. The zero-order valence-corrected chi connectivity index (χ0v) is 15.0. The van der Waals surface area contributed by atoms with Gasteiger partial charge in [0.05, 0.1) is 11.1 Å². The Morgan fingerprint density at radius 1 is 1.29 bits per heavy atom. The van der Waals surface area contributed by atoms with Crippen molar-refractivity contribution in [2.24, 2.45) is 16.1 Å². The van der Waals surface area contributed by atoms with E-state index in [1.165, 1.54) is 24.7 Å². The molecule has 0 radical (unpaired) electrons. The lowest BCUT2D eigenvalue weighted by Crippen LogP contribution is -2.34. The molecular formula is C20H20N4O4. The number of aliphatic carboxylic acids is 1. The first-order valence-electron chi connectivity index (χ1n) is 8.67. The first kappa shape index (κ1) is 19.1. The van der Waals surface area contributed by atoms with Gasteiger partial charge in [0.15, 0.2) is 5.69 Å². The number of nitrogens with one attached hydrogen (secondary N) is 1. The van der Waals surface area contributed by atoms with Gasteiger partial charge in [-0.25, -0.2) is 4.98 Å². The van der Waals surface area contributed by atoms with E-state index in [-0.39, 0.29) is 18.0 Å². The molecule has 1 aromatic carbocycles. The third-order valence-corrected chi connectivity index (χ3v) is 4.60. The second-order valence-corrected chi connectivity index (χ2v) is 6.58. The van der Waals surface area contributed by atoms with Crippen molar-refractivity contribution in [3.63, 3.8) is 0 Å². The number of carbonyl (C=O) groups excluding carboxylic acids is 1. The van der Waals surface area contributed by atoms with E-state index in [1.54, 1.807) is 0 Å². The van der Waals surface area contributed by atoms with E-state index in [2.05, 4.69) is 15.3 Å². The van der Waals surface area contributed by atoms with E-state index < -0.39 is 17.3 Å². The van der Waals surface area contributed by atoms with E-state index in [9.17, 15) is 14.7 Å². The van der Waals surface area contributed by atoms with Crippen LogP contribution < -0.4 is 11.1 Å². The third kappa shape index (κ3) is 4.17. The maximum atomic E-state index is 12.2. The average Bonchev–Trinajstić information content (AvgIpc) is 3.49. The Morgan fingerprint density at radius 3 is 2.57 bits per heavy atom. The Balaban J connectivity index is 1.71. The summed E-state index contributed by atoms with van der Waals surface area (Å²) in [6.45, 7) is 0.00171. The number of carbonyl (C=O) groups is 2. The quantitative estimate of drug-likeness (QED) is 0.543. The fourth-order valence-corrected chi connectivity index (χ4v) is 2.61. The van der Waals surface area contributed by atoms with Crippen LogP contribution in [-0.2, 0) is 4.79 Å². The number of aromatic nitrogens is 1. The number of allylic oxidation sites excluding steroid dienone is 1. The Kier molecular flexibility index (Phi) is 5.39. The molecule has 28 heavy (non-hydrogen) atoms. The molecule has 5 N–H and O–H groups in total. The summed E-state index contributed by atoms with van der Waals surface area (Å²) in [6, 6.07) is 10.6. The number of amides is 1. The van der Waals surface area contributed by atoms with Gasteiger partial charge in [-0.15, -0.1) is 0 Å². The maximum Gasteiger partial charge on any atom is 0.311 e. The summed E-state index contributed by atoms with van der Waals surface area (Å²) in [5.41, 5.74) is 6.32. The molecule has 1 aliphatic carbocycles. The van der Waals surface area contributed by atoms with Gasteiger partial charge in [-0.1, -0.05) is 18.2 Å². The van der Waals surface area contributed by atoms with Crippen molar-refractivity contribution in [2.45, 2.75) is 12.8 Å². The normalized spacial score (nSPS) is 15.4. The largest absolute Gasteiger partial charge is 0.505 e. The number of aromatic hydroxyl groups is 1. The number of rotatable bonds is 7. The first-order chi connectivity index (χ1) is 13.4. The summed E-state index contributed by atoms with van der Waals surface area (Å²) in [5, 5.41) is 21.9. The predicted octanol–water partition coefficient (Wildman–Crippen LogP) is 2.08. The van der Waals surface area contributed by atoms with Gasteiger partial charge in [0, 0.05) is 36.3 Å². The molecule has 0 unspecified atom stereocenters. The molecule has 3 rings (SSSR count). The van der Waals surface area contributed by atoms with Crippen molar-refractivity contribution in [3.05, 3.63) is 60.1 Å². The predicted molar refractivity (Wildman–Crippen MR) is 104 cm³/mol. The lowest BCUT2D eigenvalue weighted by atomic mass is 10.1. The summed E-state index contributed by atoms with van der Waals surface area (Å²) >= 11 is 0. The van der Waals surface area contributed by atoms with Gasteiger partial charge in [-0.3, -0.25) is 14.6 Å². The van der Waals surface area contributed by atoms with Crippen LogP contribution in [-0.4, -0.2) is 39.8 Å². The third-order valence-electron chi connectivity index (χ3n) is 4.60. The van der Waals surface area contributed by atoms with Gasteiger partial charge in [0.25, 0.3) is 5.91 Å². The van der Waals surface area contributed by atoms with Crippen LogP contribution in [0.3, 0.4) is 0 Å². The molecule has 1 saturated carbocycles. The second kappa shape index (κ2) is 7.91. The smallest absolute Gasteiger partial charge is 0.311 e. The number of para-hydroxylation sites is 1. The van der Waals surface area contributed by atoms with Crippen LogP contribution in [0.2, 0.25) is 0 Å². The molecule has 0 atom stereocenters. The highest BCUT2D eigenvalue weighted by atomic mass is 16.4. The van der Waals surface area contributed by atoms with Crippen LogP contribution in [0, 0.1) is 5.41 Å². The molecule has 1 aromatic heterocycles. The minimum Gasteiger partial charge on any atom is -0.505 e. The molecule has 2 aromatic rings. The Labute approximate surface area is 161 Å². The molecule has 8 nitrogen and oxygen atoms in total. The molecular weight excluding hydrogens is 360 g/mol. The minimum absolute atomic E-state index is 0.00171. The van der Waals surface area contributed by atoms with Crippen molar-refractivity contribution in [1.82, 2.24) is 10.3 Å². The summed E-state index contributed by atoms with van der Waals surface area (Å²) in [4.78, 5) is 31.7. The van der Waals surface area contributed by atoms with E-state index in [4.69, 9.17) is 10.8 Å². The second-order valence-electron chi connectivity index (χ2n) is 6.58.